The third-order valence-electron chi connectivity index (χ3n) is 7.00. The molecule has 5 aromatic carbocycles. The summed E-state index contributed by atoms with van der Waals surface area (Å²) < 4.78 is 3.33. The zero-order chi connectivity index (χ0) is 26.1. The highest BCUT2D eigenvalue weighted by atomic mass is 79.9. The second-order valence-corrected chi connectivity index (χ2v) is 10.0. The van der Waals surface area contributed by atoms with E-state index in [0.717, 1.165) is 32.4 Å². The molecular formula is C35H25BrN2. The molecule has 6 aromatic rings. The van der Waals surface area contributed by atoms with Crippen molar-refractivity contribution in [2.45, 2.75) is 0 Å². The quantitative estimate of drug-likeness (QED) is 0.157. The van der Waals surface area contributed by atoms with Gasteiger partial charge in [-0.15, -0.1) is 0 Å². The molecular weight excluding hydrogens is 528 g/mol. The van der Waals surface area contributed by atoms with Crippen molar-refractivity contribution in [3.05, 3.63) is 144 Å². The molecule has 0 amide bonds. The van der Waals surface area contributed by atoms with Gasteiger partial charge in [-0.2, -0.15) is 0 Å². The van der Waals surface area contributed by atoms with E-state index in [1.54, 1.807) is 12.2 Å². The van der Waals surface area contributed by atoms with Crippen LogP contribution in [0.1, 0.15) is 5.56 Å². The van der Waals surface area contributed by atoms with Crippen molar-refractivity contribution in [2.75, 3.05) is 0 Å². The molecule has 0 radical (unpaired) electrons. The normalized spacial score (nSPS) is 11.7. The summed E-state index contributed by atoms with van der Waals surface area (Å²) >= 11 is 3.70. The predicted molar refractivity (Wildman–Crippen MR) is 166 cm³/mol. The largest absolute Gasteiger partial charge is 0.309 e. The average molecular weight is 554 g/mol. The van der Waals surface area contributed by atoms with Gasteiger partial charge in [0.05, 0.1) is 11.0 Å². The smallest absolute Gasteiger partial charge is 0.0547 e. The van der Waals surface area contributed by atoms with E-state index in [1.165, 1.54) is 39.1 Å². The highest BCUT2D eigenvalue weighted by Gasteiger charge is 2.13. The minimum atomic E-state index is 0.914. The van der Waals surface area contributed by atoms with Crippen LogP contribution in [0.3, 0.4) is 0 Å². The van der Waals surface area contributed by atoms with Gasteiger partial charge < -0.3 is 9.98 Å². The van der Waals surface area contributed by atoms with Gasteiger partial charge in [-0.3, -0.25) is 0 Å². The van der Waals surface area contributed by atoms with E-state index in [9.17, 15) is 0 Å². The van der Waals surface area contributed by atoms with Crippen LogP contribution in [-0.2, 0) is 0 Å². The molecule has 0 bridgehead atoms. The summed E-state index contributed by atoms with van der Waals surface area (Å²) in [5.74, 6) is 0. The fourth-order valence-corrected chi connectivity index (χ4v) is 5.75. The van der Waals surface area contributed by atoms with Crippen LogP contribution in [0.25, 0.3) is 55.3 Å². The van der Waals surface area contributed by atoms with Crippen LogP contribution in [0.2, 0.25) is 0 Å². The first kappa shape index (κ1) is 23.9. The monoisotopic (exact) mass is 552 g/mol. The summed E-state index contributed by atoms with van der Waals surface area (Å²) in [6.45, 7) is 3.88. The number of aromatic nitrogens is 1. The van der Waals surface area contributed by atoms with E-state index in [0.29, 0.717) is 0 Å². The molecule has 1 N–H and O–H groups in total. The Labute approximate surface area is 230 Å². The Morgan fingerprint density at radius 3 is 1.95 bits per heavy atom. The van der Waals surface area contributed by atoms with Gasteiger partial charge in [0.15, 0.2) is 0 Å². The SMILES string of the molecule is C=C/C(=C\C=N)c1ccc(-c2ccc(-c3ccc4c5ccccc5n(-c5ccccc5)c4c3)cc2)cc1Br. The lowest BCUT2D eigenvalue weighted by Gasteiger charge is -2.10. The molecule has 0 fully saturated rings. The zero-order valence-electron chi connectivity index (χ0n) is 20.7. The van der Waals surface area contributed by atoms with Gasteiger partial charge in [-0.1, -0.05) is 114 Å². The van der Waals surface area contributed by atoms with Gasteiger partial charge in [-0.05, 0) is 69.8 Å². The maximum absolute atomic E-state index is 7.39. The van der Waals surface area contributed by atoms with Gasteiger partial charge in [0, 0.05) is 27.1 Å². The van der Waals surface area contributed by atoms with E-state index < -0.39 is 0 Å². The summed E-state index contributed by atoms with van der Waals surface area (Å²) in [5, 5.41) is 9.90. The summed E-state index contributed by atoms with van der Waals surface area (Å²) in [7, 11) is 0. The van der Waals surface area contributed by atoms with Crippen molar-refractivity contribution in [2.24, 2.45) is 0 Å². The van der Waals surface area contributed by atoms with Crippen LogP contribution < -0.4 is 0 Å². The molecule has 0 spiro atoms. The fourth-order valence-electron chi connectivity index (χ4n) is 5.15. The van der Waals surface area contributed by atoms with E-state index >= 15 is 0 Å². The van der Waals surface area contributed by atoms with Crippen molar-refractivity contribution in [3.8, 4) is 27.9 Å². The summed E-state index contributed by atoms with van der Waals surface area (Å²) in [5.41, 5.74) is 10.2. The van der Waals surface area contributed by atoms with Gasteiger partial charge in [0.1, 0.15) is 0 Å². The van der Waals surface area contributed by atoms with E-state index in [-0.39, 0.29) is 0 Å². The van der Waals surface area contributed by atoms with Crippen LogP contribution in [-0.4, -0.2) is 10.8 Å². The molecule has 0 unspecified atom stereocenters. The highest BCUT2D eigenvalue weighted by molar-refractivity contribution is 9.10. The molecule has 0 atom stereocenters. The van der Waals surface area contributed by atoms with E-state index in [1.807, 2.05) is 0 Å². The van der Waals surface area contributed by atoms with Crippen LogP contribution in [0, 0.1) is 5.41 Å². The molecule has 3 heteroatoms. The molecule has 2 nitrogen and oxygen atoms in total. The topological polar surface area (TPSA) is 28.8 Å². The van der Waals surface area contributed by atoms with Gasteiger partial charge in [0.2, 0.25) is 0 Å². The Kier molecular flexibility index (Phi) is 6.36. The van der Waals surface area contributed by atoms with Crippen molar-refractivity contribution in [1.29, 1.82) is 5.41 Å². The lowest BCUT2D eigenvalue weighted by molar-refractivity contribution is 1.18. The Morgan fingerprint density at radius 1 is 0.658 bits per heavy atom. The number of fused-ring (bicyclic) bond motifs is 3. The Bertz CT molecular complexity index is 1840. The zero-order valence-corrected chi connectivity index (χ0v) is 22.3. The number of benzene rings is 5. The summed E-state index contributed by atoms with van der Waals surface area (Å²) in [6, 6.07) is 41.0. The van der Waals surface area contributed by atoms with Crippen molar-refractivity contribution >= 4 is 49.5 Å². The maximum atomic E-state index is 7.39. The molecule has 0 saturated heterocycles. The van der Waals surface area contributed by atoms with Crippen LogP contribution in [0.4, 0.5) is 0 Å². The first-order chi connectivity index (χ1) is 18.7. The number of para-hydroxylation sites is 2. The Hall–Kier alpha value is -4.47. The molecule has 1 aromatic heterocycles. The number of halogens is 1. The fraction of sp³-hybridized carbons (Fsp3) is 0. The van der Waals surface area contributed by atoms with E-state index in [4.69, 9.17) is 5.41 Å². The molecule has 182 valence electrons. The van der Waals surface area contributed by atoms with Crippen LogP contribution in [0.15, 0.2) is 138 Å². The van der Waals surface area contributed by atoms with Crippen LogP contribution >= 0.6 is 15.9 Å². The maximum Gasteiger partial charge on any atom is 0.0547 e. The Morgan fingerprint density at radius 2 is 1.26 bits per heavy atom. The standard InChI is InChI=1S/C35H25BrN2/c1-2-24(20-21-37)30-18-16-27(22-33(30)36)25-12-14-26(15-13-25)28-17-19-32-31-10-6-7-11-34(31)38(35(32)23-28)29-8-4-3-5-9-29/h2-23,37H,1H2/b24-20+,37-21?. The average Bonchev–Trinajstić information content (AvgIpc) is 3.30. The van der Waals surface area contributed by atoms with Crippen molar-refractivity contribution < 1.29 is 0 Å². The number of rotatable bonds is 6. The minimum absolute atomic E-state index is 0.914. The van der Waals surface area contributed by atoms with Crippen molar-refractivity contribution in [1.82, 2.24) is 4.57 Å². The number of hydrogen-bond donors (Lipinski definition) is 1. The molecule has 0 aliphatic carbocycles. The first-order valence-electron chi connectivity index (χ1n) is 12.5. The highest BCUT2D eigenvalue weighted by Crippen LogP contribution is 2.36. The summed E-state index contributed by atoms with van der Waals surface area (Å²) in [6.07, 6.45) is 4.80. The number of hydrogen-bond acceptors (Lipinski definition) is 1. The van der Waals surface area contributed by atoms with Gasteiger partial charge in [0.25, 0.3) is 0 Å². The number of allylic oxidation sites excluding steroid dienone is 3. The van der Waals surface area contributed by atoms with Crippen LogP contribution in [0.5, 0.6) is 0 Å². The molecule has 38 heavy (non-hydrogen) atoms. The molecule has 6 rings (SSSR count). The number of nitrogens with one attached hydrogen (secondary N) is 1. The second-order valence-electron chi connectivity index (χ2n) is 9.18. The first-order valence-corrected chi connectivity index (χ1v) is 13.3. The third-order valence-corrected chi connectivity index (χ3v) is 7.66. The number of nitrogens with zero attached hydrogens (tertiary/aromatic N) is 1. The third kappa shape index (κ3) is 4.21. The second kappa shape index (κ2) is 10.1. The lowest BCUT2D eigenvalue weighted by Crippen LogP contribution is -1.93. The predicted octanol–water partition coefficient (Wildman–Crippen LogP) is 10.1. The molecule has 0 aliphatic heterocycles. The summed E-state index contributed by atoms with van der Waals surface area (Å²) in [4.78, 5) is 0. The van der Waals surface area contributed by atoms with E-state index in [2.05, 4.69) is 142 Å². The van der Waals surface area contributed by atoms with Gasteiger partial charge in [-0.25, -0.2) is 0 Å². The minimum Gasteiger partial charge on any atom is -0.309 e. The van der Waals surface area contributed by atoms with Gasteiger partial charge >= 0.3 is 0 Å². The van der Waals surface area contributed by atoms with Crippen molar-refractivity contribution in [3.63, 3.8) is 0 Å². The molecule has 0 saturated carbocycles. The lowest BCUT2D eigenvalue weighted by atomic mass is 9.97. The molecule has 1 heterocycles. The Balaban J connectivity index is 1.40. The molecule has 0 aliphatic rings.